The molecule has 0 atom stereocenters. The lowest BCUT2D eigenvalue weighted by molar-refractivity contribution is 0.373. The van der Waals surface area contributed by atoms with Gasteiger partial charge >= 0.3 is 0 Å². The van der Waals surface area contributed by atoms with Gasteiger partial charge in [0.1, 0.15) is 11.6 Å². The fourth-order valence-electron chi connectivity index (χ4n) is 3.57. The second-order valence-corrected chi connectivity index (χ2v) is 6.90. The maximum absolute atomic E-state index is 11.2. The molecule has 0 amide bonds. The Kier molecular flexibility index (Phi) is 5.42. The second kappa shape index (κ2) is 8.34. The Bertz CT molecular complexity index is 1350. The van der Waals surface area contributed by atoms with Crippen molar-refractivity contribution in [3.05, 3.63) is 63.9 Å². The molecule has 0 saturated carbocycles. The average molecular weight is 434 g/mol. The van der Waals surface area contributed by atoms with Gasteiger partial charge in [0, 0.05) is 12.1 Å². The van der Waals surface area contributed by atoms with Crippen LogP contribution in [0.5, 0.6) is 23.0 Å². The molecule has 4 aromatic rings. The smallest absolute Gasteiger partial charge is 0.191 e. The molecule has 32 heavy (non-hydrogen) atoms. The zero-order valence-electron chi connectivity index (χ0n) is 17.1. The van der Waals surface area contributed by atoms with Crippen LogP contribution < -0.4 is 9.47 Å². The van der Waals surface area contributed by atoms with Gasteiger partial charge in [0.05, 0.1) is 25.3 Å². The van der Waals surface area contributed by atoms with Crippen molar-refractivity contribution in [2.45, 2.75) is 6.54 Å². The van der Waals surface area contributed by atoms with Gasteiger partial charge in [-0.2, -0.15) is 0 Å². The maximum Gasteiger partial charge on any atom is 0.191 e. The fraction of sp³-hybridized carbons (Fsp3) is 0.136. The molecule has 10 nitrogen and oxygen atoms in total. The van der Waals surface area contributed by atoms with Gasteiger partial charge in [-0.25, -0.2) is 4.98 Å². The molecule has 0 saturated heterocycles. The van der Waals surface area contributed by atoms with E-state index in [-0.39, 0.29) is 40.9 Å². The molecule has 4 rings (SSSR count). The molecule has 10 heteroatoms. The SMILES string of the molecule is COc1cc(Cn2c(-c3cc(O)c(N=O)c(OC)c3)nc3ccccc32)cc(N=O)c1O. The van der Waals surface area contributed by atoms with Gasteiger partial charge in [0.2, 0.25) is 0 Å². The third kappa shape index (κ3) is 3.47. The number of hydrogen-bond donors (Lipinski definition) is 2. The van der Waals surface area contributed by atoms with Gasteiger partial charge < -0.3 is 24.3 Å². The topological polar surface area (TPSA) is 136 Å². The van der Waals surface area contributed by atoms with E-state index in [1.54, 1.807) is 12.1 Å². The Morgan fingerprint density at radius 1 is 0.969 bits per heavy atom. The number of ether oxygens (including phenoxy) is 2. The van der Waals surface area contributed by atoms with Crippen molar-refractivity contribution in [2.75, 3.05) is 14.2 Å². The number of rotatable bonds is 7. The van der Waals surface area contributed by atoms with E-state index in [1.165, 1.54) is 26.4 Å². The number of benzene rings is 3. The summed E-state index contributed by atoms with van der Waals surface area (Å²) in [6.45, 7) is 0.242. The summed E-state index contributed by atoms with van der Waals surface area (Å²) in [6.07, 6.45) is 0. The van der Waals surface area contributed by atoms with Crippen LogP contribution in [0, 0.1) is 9.81 Å². The van der Waals surface area contributed by atoms with Crippen LogP contribution in [0.25, 0.3) is 22.4 Å². The van der Waals surface area contributed by atoms with Crippen LogP contribution in [-0.4, -0.2) is 34.0 Å². The van der Waals surface area contributed by atoms with Gasteiger partial charge in [0.25, 0.3) is 0 Å². The third-order valence-electron chi connectivity index (χ3n) is 5.05. The summed E-state index contributed by atoms with van der Waals surface area (Å²) in [4.78, 5) is 26.9. The zero-order chi connectivity index (χ0) is 22.8. The van der Waals surface area contributed by atoms with Crippen molar-refractivity contribution in [1.82, 2.24) is 9.55 Å². The van der Waals surface area contributed by atoms with Crippen LogP contribution in [0.15, 0.2) is 58.9 Å². The first-order valence-electron chi connectivity index (χ1n) is 9.44. The van der Waals surface area contributed by atoms with Gasteiger partial charge in [-0.15, -0.1) is 9.81 Å². The Morgan fingerprint density at radius 2 is 1.72 bits per heavy atom. The lowest BCUT2D eigenvalue weighted by Crippen LogP contribution is -2.03. The number of nitroso groups, excluding NO2 is 2. The van der Waals surface area contributed by atoms with Crippen molar-refractivity contribution in [2.24, 2.45) is 10.4 Å². The molecule has 1 aromatic heterocycles. The van der Waals surface area contributed by atoms with Gasteiger partial charge in [0.15, 0.2) is 28.6 Å². The van der Waals surface area contributed by atoms with Gasteiger partial charge in [-0.1, -0.05) is 12.1 Å². The Balaban J connectivity index is 1.92. The highest BCUT2D eigenvalue weighted by Crippen LogP contribution is 2.42. The average Bonchev–Trinajstić information content (AvgIpc) is 3.17. The molecule has 0 radical (unpaired) electrons. The number of para-hydroxylation sites is 2. The van der Waals surface area contributed by atoms with Crippen LogP contribution in [0.4, 0.5) is 11.4 Å². The highest BCUT2D eigenvalue weighted by atomic mass is 16.5. The molecule has 1 heterocycles. The minimum atomic E-state index is -0.341. The Hall–Kier alpha value is -4.47. The number of imidazole rings is 1. The summed E-state index contributed by atoms with van der Waals surface area (Å²) in [5.41, 5.74) is 2.24. The molecule has 0 bridgehead atoms. The Labute approximate surface area is 181 Å². The zero-order valence-corrected chi connectivity index (χ0v) is 17.1. The lowest BCUT2D eigenvalue weighted by atomic mass is 10.1. The molecule has 0 aliphatic carbocycles. The van der Waals surface area contributed by atoms with Crippen LogP contribution in [0.3, 0.4) is 0 Å². The highest BCUT2D eigenvalue weighted by Gasteiger charge is 2.19. The maximum atomic E-state index is 11.2. The van der Waals surface area contributed by atoms with E-state index in [4.69, 9.17) is 9.47 Å². The summed E-state index contributed by atoms with van der Waals surface area (Å²) in [5.74, 6) is 0.0151. The first kappa shape index (κ1) is 20.8. The predicted octanol–water partition coefficient (Wildman–Crippen LogP) is 4.98. The minimum Gasteiger partial charge on any atom is -0.505 e. The summed E-state index contributed by atoms with van der Waals surface area (Å²) in [6, 6.07) is 13.4. The fourth-order valence-corrected chi connectivity index (χ4v) is 3.57. The van der Waals surface area contributed by atoms with E-state index in [0.29, 0.717) is 22.5 Å². The largest absolute Gasteiger partial charge is 0.505 e. The van der Waals surface area contributed by atoms with Crippen molar-refractivity contribution in [3.63, 3.8) is 0 Å². The highest BCUT2D eigenvalue weighted by molar-refractivity contribution is 5.82. The van der Waals surface area contributed by atoms with Crippen molar-refractivity contribution >= 4 is 22.4 Å². The number of phenolic OH excluding ortho intramolecular Hbond substituents is 2. The standard InChI is InChI=1S/C22H18N4O6/c1-31-18-10-13(9-17(27)20(18)25-30)22-23-14-5-3-4-6-16(14)26(22)11-12-7-15(24-29)21(28)19(8-12)32-2/h3-10,27-28H,11H2,1-2H3. The monoisotopic (exact) mass is 434 g/mol. The molecule has 0 spiro atoms. The number of methoxy groups -OCH3 is 2. The van der Waals surface area contributed by atoms with Crippen molar-refractivity contribution in [3.8, 4) is 34.4 Å². The van der Waals surface area contributed by atoms with Gasteiger partial charge in [-0.05, 0) is 52.3 Å². The van der Waals surface area contributed by atoms with E-state index < -0.39 is 0 Å². The van der Waals surface area contributed by atoms with Crippen molar-refractivity contribution in [1.29, 1.82) is 0 Å². The molecular weight excluding hydrogens is 416 g/mol. The van der Waals surface area contributed by atoms with Crippen LogP contribution in [-0.2, 0) is 6.54 Å². The van der Waals surface area contributed by atoms with Crippen LogP contribution in [0.2, 0.25) is 0 Å². The van der Waals surface area contributed by atoms with E-state index in [0.717, 1.165) is 5.52 Å². The summed E-state index contributed by atoms with van der Waals surface area (Å²) in [5, 5.41) is 26.0. The normalized spacial score (nSPS) is 10.8. The summed E-state index contributed by atoms with van der Waals surface area (Å²) < 4.78 is 12.2. The summed E-state index contributed by atoms with van der Waals surface area (Å²) in [7, 11) is 2.75. The lowest BCUT2D eigenvalue weighted by Gasteiger charge is -2.13. The Morgan fingerprint density at radius 3 is 2.41 bits per heavy atom. The number of fused-ring (bicyclic) bond motifs is 1. The van der Waals surface area contributed by atoms with Gasteiger partial charge in [-0.3, -0.25) is 0 Å². The minimum absolute atomic E-state index is 0.104. The van der Waals surface area contributed by atoms with E-state index >= 15 is 0 Å². The van der Waals surface area contributed by atoms with Crippen LogP contribution in [0.1, 0.15) is 5.56 Å². The molecule has 2 N–H and O–H groups in total. The number of hydrogen-bond acceptors (Lipinski definition) is 9. The van der Waals surface area contributed by atoms with E-state index in [2.05, 4.69) is 15.3 Å². The summed E-state index contributed by atoms with van der Waals surface area (Å²) >= 11 is 0. The molecule has 3 aromatic carbocycles. The van der Waals surface area contributed by atoms with Crippen LogP contribution >= 0.6 is 0 Å². The number of aromatic nitrogens is 2. The molecule has 162 valence electrons. The number of nitrogens with zero attached hydrogens (tertiary/aromatic N) is 4. The molecule has 0 aliphatic heterocycles. The first-order valence-corrected chi connectivity index (χ1v) is 9.44. The predicted molar refractivity (Wildman–Crippen MR) is 118 cm³/mol. The quantitative estimate of drug-likeness (QED) is 0.392. The van der Waals surface area contributed by atoms with E-state index in [9.17, 15) is 20.0 Å². The third-order valence-corrected chi connectivity index (χ3v) is 5.05. The molecular formula is C22H18N4O6. The van der Waals surface area contributed by atoms with E-state index in [1.807, 2.05) is 28.8 Å². The second-order valence-electron chi connectivity index (χ2n) is 6.90. The first-order chi connectivity index (χ1) is 15.5. The van der Waals surface area contributed by atoms with Crippen molar-refractivity contribution < 1.29 is 19.7 Å². The molecule has 0 aliphatic rings. The number of aromatic hydroxyl groups is 2. The number of phenols is 2. The molecule has 0 fully saturated rings. The molecule has 0 unspecified atom stereocenters.